The third-order valence-corrected chi connectivity index (χ3v) is 3.72. The lowest BCUT2D eigenvalue weighted by atomic mass is 10.7. The Labute approximate surface area is 99.6 Å². The van der Waals surface area contributed by atoms with E-state index in [-0.39, 0.29) is 0 Å². The maximum atomic E-state index is 5.46. The van der Waals surface area contributed by atoms with Gasteiger partial charge in [0, 0.05) is 11.8 Å². The number of rotatable bonds is 9. The maximum absolute atomic E-state index is 5.46. The fourth-order valence-corrected chi connectivity index (χ4v) is 2.69. The van der Waals surface area contributed by atoms with E-state index >= 15 is 0 Å². The lowest BCUT2D eigenvalue weighted by Crippen LogP contribution is -2.03. The molecular formula is C7H13Cl2O3PS. The third-order valence-electron chi connectivity index (χ3n) is 1.00. The average molecular weight is 279 g/mol. The second kappa shape index (κ2) is 9.10. The third kappa shape index (κ3) is 7.18. The van der Waals surface area contributed by atoms with Crippen molar-refractivity contribution in [1.29, 1.82) is 0 Å². The van der Waals surface area contributed by atoms with Gasteiger partial charge in [-0.3, -0.25) is 0 Å². The Morgan fingerprint density at radius 2 is 1.64 bits per heavy atom. The first-order valence-electron chi connectivity index (χ1n) is 3.95. The summed E-state index contributed by atoms with van der Waals surface area (Å²) in [6.45, 7) is 1.73. The Bertz CT molecular complexity index is 191. The van der Waals surface area contributed by atoms with Crippen LogP contribution in [0.25, 0.3) is 0 Å². The minimum absolute atomic E-state index is 0.294. The zero-order valence-corrected chi connectivity index (χ0v) is 10.9. The molecular weight excluding hydrogens is 266 g/mol. The van der Waals surface area contributed by atoms with Gasteiger partial charge in [0.25, 0.3) is 0 Å². The molecule has 14 heavy (non-hydrogen) atoms. The molecule has 84 valence electrons. The number of alkyl halides is 2. The molecule has 0 heterocycles. The van der Waals surface area contributed by atoms with Gasteiger partial charge >= 0.3 is 6.72 Å². The lowest BCUT2D eigenvalue weighted by molar-refractivity contribution is 0.180. The summed E-state index contributed by atoms with van der Waals surface area (Å²) in [5.74, 6) is 0.695. The van der Waals surface area contributed by atoms with Gasteiger partial charge in [0.2, 0.25) is 0 Å². The summed E-state index contributed by atoms with van der Waals surface area (Å²) in [7, 11) is 0. The van der Waals surface area contributed by atoms with Crippen LogP contribution in [0.5, 0.6) is 0 Å². The molecule has 0 aromatic carbocycles. The summed E-state index contributed by atoms with van der Waals surface area (Å²) in [5.41, 5.74) is 0. The van der Waals surface area contributed by atoms with E-state index in [1.165, 1.54) is 0 Å². The Morgan fingerprint density at radius 1 is 1.14 bits per heavy atom. The summed E-state index contributed by atoms with van der Waals surface area (Å²) < 4.78 is 15.7. The lowest BCUT2D eigenvalue weighted by Gasteiger charge is -2.20. The monoisotopic (exact) mass is 278 g/mol. The molecule has 0 aliphatic carbocycles. The highest BCUT2D eigenvalue weighted by molar-refractivity contribution is 8.07. The van der Waals surface area contributed by atoms with E-state index in [1.807, 2.05) is 0 Å². The molecule has 0 amide bonds. The summed E-state index contributed by atoms with van der Waals surface area (Å²) >= 11 is 16.0. The van der Waals surface area contributed by atoms with Crippen molar-refractivity contribution in [3.8, 4) is 0 Å². The molecule has 0 atom stereocenters. The topological polar surface area (TPSA) is 27.7 Å². The Kier molecular flexibility index (Phi) is 9.66. The molecule has 0 rings (SSSR count). The standard InChI is InChI=1S/C7H13Cl2O3PS/c1-2-5-10-13(14,11-6-3-8)12-7-4-9/h2H,1,3-7H2. The molecule has 0 saturated carbocycles. The predicted molar refractivity (Wildman–Crippen MR) is 63.8 cm³/mol. The maximum Gasteiger partial charge on any atom is 0.327 e. The number of hydrogen-bond donors (Lipinski definition) is 0. The quantitative estimate of drug-likeness (QED) is 0.368. The first-order valence-corrected chi connectivity index (χ1v) is 7.57. The number of hydrogen-bond acceptors (Lipinski definition) is 4. The Morgan fingerprint density at radius 3 is 2.00 bits per heavy atom. The van der Waals surface area contributed by atoms with Crippen LogP contribution < -0.4 is 0 Å². The van der Waals surface area contributed by atoms with Crippen LogP contribution in [0.2, 0.25) is 0 Å². The molecule has 0 spiro atoms. The fourth-order valence-electron chi connectivity index (χ4n) is 0.548. The van der Waals surface area contributed by atoms with Crippen LogP contribution in [0, 0.1) is 0 Å². The second-order valence-corrected chi connectivity index (χ2v) is 5.84. The van der Waals surface area contributed by atoms with Crippen molar-refractivity contribution in [1.82, 2.24) is 0 Å². The van der Waals surface area contributed by atoms with Gasteiger partial charge in [-0.15, -0.1) is 29.8 Å². The van der Waals surface area contributed by atoms with Crippen molar-refractivity contribution in [2.24, 2.45) is 0 Å². The molecule has 0 unspecified atom stereocenters. The average Bonchev–Trinajstić information content (AvgIpc) is 2.21. The van der Waals surface area contributed by atoms with E-state index in [1.54, 1.807) is 6.08 Å². The SMILES string of the molecule is C=CCOP(=S)(OCCCl)OCCCl. The minimum Gasteiger partial charge on any atom is -0.307 e. The van der Waals surface area contributed by atoms with E-state index in [2.05, 4.69) is 6.58 Å². The van der Waals surface area contributed by atoms with E-state index < -0.39 is 6.72 Å². The zero-order valence-electron chi connectivity index (χ0n) is 7.66. The van der Waals surface area contributed by atoms with Crippen molar-refractivity contribution < 1.29 is 13.6 Å². The molecule has 0 N–H and O–H groups in total. The smallest absolute Gasteiger partial charge is 0.307 e. The van der Waals surface area contributed by atoms with Gasteiger partial charge in [0.1, 0.15) is 0 Å². The van der Waals surface area contributed by atoms with Gasteiger partial charge < -0.3 is 13.6 Å². The van der Waals surface area contributed by atoms with Crippen LogP contribution in [0.1, 0.15) is 0 Å². The van der Waals surface area contributed by atoms with Crippen molar-refractivity contribution in [3.63, 3.8) is 0 Å². The summed E-state index contributed by atoms with van der Waals surface area (Å²) in [6, 6.07) is 0. The predicted octanol–water partition coefficient (Wildman–Crippen LogP) is 2.92. The fraction of sp³-hybridized carbons (Fsp3) is 0.714. The van der Waals surface area contributed by atoms with E-state index in [9.17, 15) is 0 Å². The van der Waals surface area contributed by atoms with Gasteiger partial charge in [-0.25, -0.2) is 0 Å². The largest absolute Gasteiger partial charge is 0.327 e. The molecule has 0 aliphatic heterocycles. The van der Waals surface area contributed by atoms with E-state index in [4.69, 9.17) is 48.6 Å². The highest BCUT2D eigenvalue weighted by Crippen LogP contribution is 2.49. The molecule has 0 aromatic heterocycles. The molecule has 7 heteroatoms. The molecule has 0 aromatic rings. The van der Waals surface area contributed by atoms with Crippen LogP contribution in [0.15, 0.2) is 12.7 Å². The van der Waals surface area contributed by atoms with Gasteiger partial charge in [0.15, 0.2) is 0 Å². The Hall–Kier alpha value is 0.850. The molecule has 0 aliphatic rings. The van der Waals surface area contributed by atoms with Gasteiger partial charge in [-0.05, 0) is 11.8 Å². The van der Waals surface area contributed by atoms with Crippen LogP contribution in [0.3, 0.4) is 0 Å². The molecule has 0 saturated heterocycles. The van der Waals surface area contributed by atoms with Crippen molar-refractivity contribution in [3.05, 3.63) is 12.7 Å². The highest BCUT2D eigenvalue weighted by Gasteiger charge is 2.19. The molecule has 0 radical (unpaired) electrons. The van der Waals surface area contributed by atoms with Crippen LogP contribution in [0.4, 0.5) is 0 Å². The normalized spacial score (nSPS) is 11.6. The molecule has 0 bridgehead atoms. The van der Waals surface area contributed by atoms with Gasteiger partial charge in [-0.2, -0.15) is 0 Å². The van der Waals surface area contributed by atoms with Crippen LogP contribution >= 0.6 is 29.9 Å². The second-order valence-electron chi connectivity index (χ2n) is 2.08. The van der Waals surface area contributed by atoms with Crippen molar-refractivity contribution >= 4 is 41.7 Å². The zero-order chi connectivity index (χ0) is 10.9. The summed E-state index contributed by atoms with van der Waals surface area (Å²) in [6.07, 6.45) is 1.58. The van der Waals surface area contributed by atoms with E-state index in [0.29, 0.717) is 31.6 Å². The van der Waals surface area contributed by atoms with Crippen molar-refractivity contribution in [2.75, 3.05) is 31.6 Å². The number of halogens is 2. The molecule has 0 fully saturated rings. The summed E-state index contributed by atoms with van der Waals surface area (Å²) in [5, 5.41) is 0. The molecule has 3 nitrogen and oxygen atoms in total. The van der Waals surface area contributed by atoms with Crippen LogP contribution in [-0.2, 0) is 25.4 Å². The Balaban J connectivity index is 4.03. The first kappa shape index (κ1) is 14.8. The van der Waals surface area contributed by atoms with E-state index in [0.717, 1.165) is 0 Å². The van der Waals surface area contributed by atoms with Crippen LogP contribution in [-0.4, -0.2) is 31.6 Å². The summed E-state index contributed by atoms with van der Waals surface area (Å²) in [4.78, 5) is 0. The van der Waals surface area contributed by atoms with Gasteiger partial charge in [0.05, 0.1) is 19.8 Å². The highest BCUT2D eigenvalue weighted by atomic mass is 35.5. The minimum atomic E-state index is -2.68. The first-order chi connectivity index (χ1) is 6.68. The van der Waals surface area contributed by atoms with Crippen molar-refractivity contribution in [2.45, 2.75) is 0 Å². The van der Waals surface area contributed by atoms with Gasteiger partial charge in [-0.1, -0.05) is 6.08 Å².